The Morgan fingerprint density at radius 1 is 1.35 bits per heavy atom. The van der Waals surface area contributed by atoms with E-state index in [1.54, 1.807) is 7.11 Å². The van der Waals surface area contributed by atoms with Crippen LogP contribution in [0.3, 0.4) is 0 Å². The molecular formula is C17H24N2O. The van der Waals surface area contributed by atoms with Gasteiger partial charge in [0.05, 0.1) is 7.11 Å². The molecule has 3 aliphatic rings. The van der Waals surface area contributed by atoms with Gasteiger partial charge in [0.1, 0.15) is 5.75 Å². The van der Waals surface area contributed by atoms with Crippen molar-refractivity contribution < 1.29 is 4.74 Å². The van der Waals surface area contributed by atoms with Crippen molar-refractivity contribution in [3.05, 3.63) is 29.3 Å². The fourth-order valence-electron chi connectivity index (χ4n) is 4.51. The number of rotatable bonds is 1. The first-order chi connectivity index (χ1) is 9.86. The molecule has 1 N–H and O–H groups in total. The smallest absolute Gasteiger partial charge is 0.123 e. The number of piperidine rings is 2. The van der Waals surface area contributed by atoms with Crippen LogP contribution in [0.1, 0.15) is 36.4 Å². The quantitative estimate of drug-likeness (QED) is 0.849. The maximum absolute atomic E-state index is 5.65. The Labute approximate surface area is 121 Å². The molecule has 0 saturated carbocycles. The lowest BCUT2D eigenvalue weighted by Gasteiger charge is -2.49. The lowest BCUT2D eigenvalue weighted by atomic mass is 9.77. The van der Waals surface area contributed by atoms with E-state index in [0.29, 0.717) is 12.1 Å². The van der Waals surface area contributed by atoms with Gasteiger partial charge in [0.2, 0.25) is 0 Å². The van der Waals surface area contributed by atoms with Crippen LogP contribution in [0.15, 0.2) is 18.2 Å². The van der Waals surface area contributed by atoms with Crippen LogP contribution in [0.2, 0.25) is 0 Å². The van der Waals surface area contributed by atoms with E-state index in [4.69, 9.17) is 4.74 Å². The second kappa shape index (κ2) is 5.05. The van der Waals surface area contributed by atoms with Crippen LogP contribution in [-0.2, 0) is 6.42 Å². The molecule has 1 aromatic rings. The summed E-state index contributed by atoms with van der Waals surface area (Å²) in [7, 11) is 1.80. The second-order valence-corrected chi connectivity index (χ2v) is 6.49. The van der Waals surface area contributed by atoms with Gasteiger partial charge in [0.25, 0.3) is 0 Å². The molecule has 3 aliphatic heterocycles. The number of nitrogens with one attached hydrogen (secondary N) is 1. The number of methoxy groups -OCH3 is 1. The third kappa shape index (κ3) is 1.95. The van der Waals surface area contributed by atoms with Crippen LogP contribution < -0.4 is 10.1 Å². The third-order valence-electron chi connectivity index (χ3n) is 5.49. The highest BCUT2D eigenvalue weighted by atomic mass is 16.5. The molecule has 3 atom stereocenters. The molecule has 0 unspecified atom stereocenters. The summed E-state index contributed by atoms with van der Waals surface area (Å²) in [6.45, 7) is 3.68. The van der Waals surface area contributed by atoms with E-state index in [2.05, 4.69) is 28.4 Å². The molecule has 1 aromatic carbocycles. The second-order valence-electron chi connectivity index (χ2n) is 6.49. The summed E-state index contributed by atoms with van der Waals surface area (Å²) in [4.78, 5) is 2.71. The van der Waals surface area contributed by atoms with Crippen LogP contribution in [0.4, 0.5) is 0 Å². The normalized spacial score (nSPS) is 33.0. The number of benzene rings is 1. The number of ether oxygens (including phenoxy) is 1. The predicted octanol–water partition coefficient (Wildman–Crippen LogP) is 2.37. The average Bonchev–Trinajstić information content (AvgIpc) is 2.52. The Balaban J connectivity index is 1.69. The van der Waals surface area contributed by atoms with E-state index in [1.165, 1.54) is 56.4 Å². The molecular weight excluding hydrogens is 248 g/mol. The van der Waals surface area contributed by atoms with Gasteiger partial charge in [-0.2, -0.15) is 0 Å². The van der Waals surface area contributed by atoms with E-state index in [1.807, 2.05) is 0 Å². The largest absolute Gasteiger partial charge is 0.496 e. The molecule has 0 aromatic heterocycles. The van der Waals surface area contributed by atoms with Crippen molar-refractivity contribution in [2.75, 3.05) is 26.7 Å². The Morgan fingerprint density at radius 2 is 2.30 bits per heavy atom. The molecule has 2 fully saturated rings. The Bertz CT molecular complexity index is 488. The van der Waals surface area contributed by atoms with Gasteiger partial charge >= 0.3 is 0 Å². The van der Waals surface area contributed by atoms with E-state index in [-0.39, 0.29) is 0 Å². The SMILES string of the molecule is COc1cccc2c1[C@@H]1C[C@@H]3NCCC[C@@H]3CN1CC2. The Hall–Kier alpha value is -1.06. The molecule has 3 heterocycles. The number of nitrogens with zero attached hydrogens (tertiary/aromatic N) is 1. The van der Waals surface area contributed by atoms with Gasteiger partial charge in [-0.1, -0.05) is 12.1 Å². The molecule has 3 nitrogen and oxygen atoms in total. The van der Waals surface area contributed by atoms with Crippen molar-refractivity contribution in [1.82, 2.24) is 10.2 Å². The van der Waals surface area contributed by atoms with Crippen LogP contribution in [0.5, 0.6) is 5.75 Å². The minimum atomic E-state index is 0.557. The molecule has 0 radical (unpaired) electrons. The minimum absolute atomic E-state index is 0.557. The van der Waals surface area contributed by atoms with E-state index in [9.17, 15) is 0 Å². The van der Waals surface area contributed by atoms with Gasteiger partial charge in [-0.3, -0.25) is 4.90 Å². The first-order valence-corrected chi connectivity index (χ1v) is 8.00. The summed E-state index contributed by atoms with van der Waals surface area (Å²) in [5, 5.41) is 3.75. The van der Waals surface area contributed by atoms with Crippen LogP contribution in [0.25, 0.3) is 0 Å². The summed E-state index contributed by atoms with van der Waals surface area (Å²) >= 11 is 0. The summed E-state index contributed by atoms with van der Waals surface area (Å²) in [6.07, 6.45) is 5.17. The fraction of sp³-hybridized carbons (Fsp3) is 0.647. The number of fused-ring (bicyclic) bond motifs is 4. The van der Waals surface area contributed by atoms with Crippen LogP contribution in [0, 0.1) is 5.92 Å². The molecule has 0 spiro atoms. The summed E-state index contributed by atoms with van der Waals surface area (Å²) in [5.41, 5.74) is 2.96. The summed E-state index contributed by atoms with van der Waals surface area (Å²) in [6, 6.07) is 7.82. The van der Waals surface area contributed by atoms with Gasteiger partial charge < -0.3 is 10.1 Å². The standard InChI is InChI=1S/C17H24N2O/c1-20-16-6-2-4-12-7-9-19-11-13-5-3-8-18-14(13)10-15(19)17(12)16/h2,4,6,13-15,18H,3,5,7-11H2,1H3/t13-,14+,15+/m1/s1. The lowest BCUT2D eigenvalue weighted by molar-refractivity contribution is 0.0538. The summed E-state index contributed by atoms with van der Waals surface area (Å²) < 4.78 is 5.65. The zero-order valence-electron chi connectivity index (χ0n) is 12.3. The Kier molecular flexibility index (Phi) is 3.20. The van der Waals surface area contributed by atoms with Crippen molar-refractivity contribution in [3.63, 3.8) is 0 Å². The zero-order chi connectivity index (χ0) is 13.5. The molecule has 3 heteroatoms. The predicted molar refractivity (Wildman–Crippen MR) is 80.1 cm³/mol. The molecule has 2 saturated heterocycles. The first kappa shape index (κ1) is 12.7. The van der Waals surface area contributed by atoms with E-state index in [0.717, 1.165) is 11.7 Å². The number of hydrogen-bond acceptors (Lipinski definition) is 3. The highest BCUT2D eigenvalue weighted by molar-refractivity contribution is 5.44. The fourth-order valence-corrected chi connectivity index (χ4v) is 4.51. The van der Waals surface area contributed by atoms with E-state index < -0.39 is 0 Å². The maximum atomic E-state index is 5.65. The molecule has 0 aliphatic carbocycles. The van der Waals surface area contributed by atoms with Crippen molar-refractivity contribution in [1.29, 1.82) is 0 Å². The van der Waals surface area contributed by atoms with Gasteiger partial charge in [0, 0.05) is 30.7 Å². The lowest BCUT2D eigenvalue weighted by Crippen LogP contribution is -2.54. The summed E-state index contributed by atoms with van der Waals surface area (Å²) in [5.74, 6) is 1.95. The maximum Gasteiger partial charge on any atom is 0.123 e. The molecule has 4 rings (SSSR count). The highest BCUT2D eigenvalue weighted by Gasteiger charge is 2.40. The average molecular weight is 272 g/mol. The Morgan fingerprint density at radius 3 is 3.20 bits per heavy atom. The molecule has 0 amide bonds. The topological polar surface area (TPSA) is 24.5 Å². The molecule has 108 valence electrons. The molecule has 0 bridgehead atoms. The van der Waals surface area contributed by atoms with Crippen molar-refractivity contribution in [2.45, 2.75) is 37.8 Å². The van der Waals surface area contributed by atoms with Gasteiger partial charge in [-0.25, -0.2) is 0 Å². The third-order valence-corrected chi connectivity index (χ3v) is 5.49. The van der Waals surface area contributed by atoms with Crippen molar-refractivity contribution in [3.8, 4) is 5.75 Å². The van der Waals surface area contributed by atoms with Gasteiger partial charge in [-0.05, 0) is 49.8 Å². The molecule has 20 heavy (non-hydrogen) atoms. The van der Waals surface area contributed by atoms with E-state index >= 15 is 0 Å². The zero-order valence-corrected chi connectivity index (χ0v) is 12.3. The van der Waals surface area contributed by atoms with Crippen molar-refractivity contribution in [2.24, 2.45) is 5.92 Å². The minimum Gasteiger partial charge on any atom is -0.496 e. The number of hydrogen-bond donors (Lipinski definition) is 1. The van der Waals surface area contributed by atoms with Crippen molar-refractivity contribution >= 4 is 0 Å². The first-order valence-electron chi connectivity index (χ1n) is 8.00. The van der Waals surface area contributed by atoms with Crippen LogP contribution >= 0.6 is 0 Å². The highest BCUT2D eigenvalue weighted by Crippen LogP contribution is 2.43. The van der Waals surface area contributed by atoms with Crippen LogP contribution in [-0.4, -0.2) is 37.7 Å². The van der Waals surface area contributed by atoms with Gasteiger partial charge in [0.15, 0.2) is 0 Å². The monoisotopic (exact) mass is 272 g/mol. The van der Waals surface area contributed by atoms with Gasteiger partial charge in [-0.15, -0.1) is 0 Å².